The summed E-state index contributed by atoms with van der Waals surface area (Å²) < 4.78 is 5.17. The van der Waals surface area contributed by atoms with Gasteiger partial charge < -0.3 is 4.74 Å². The molecule has 3 heteroatoms. The average molecular weight is 266 g/mol. The third-order valence-electron chi connectivity index (χ3n) is 3.50. The quantitative estimate of drug-likeness (QED) is 0.848. The highest BCUT2D eigenvalue weighted by Crippen LogP contribution is 2.18. The molecule has 2 aromatic carbocycles. The number of nitrogens with zero attached hydrogens (tertiary/aromatic N) is 2. The largest absolute Gasteiger partial charge is 0.497 e. The molecule has 0 aliphatic carbocycles. The Morgan fingerprint density at radius 2 is 1.80 bits per heavy atom. The zero-order chi connectivity index (χ0) is 13.8. The topological polar surface area (TPSA) is 24.8 Å². The monoisotopic (exact) mass is 266 g/mol. The Hall–Kier alpha value is -2.29. The highest BCUT2D eigenvalue weighted by Gasteiger charge is 2.15. The standard InChI is InChI=1S/C17H18N2O/c1-20-16-9-7-14(8-10-16)13-19-12-11-17(18-19)15-5-3-2-4-6-15/h2-10H,11-13H2,1H3. The summed E-state index contributed by atoms with van der Waals surface area (Å²) in [5.74, 6) is 0.892. The molecular formula is C17H18N2O. The van der Waals surface area contributed by atoms with E-state index in [1.165, 1.54) is 16.8 Å². The van der Waals surface area contributed by atoms with Crippen LogP contribution in [0, 0.1) is 0 Å². The van der Waals surface area contributed by atoms with Gasteiger partial charge in [-0.25, -0.2) is 0 Å². The number of hydrazone groups is 1. The summed E-state index contributed by atoms with van der Waals surface area (Å²) in [7, 11) is 1.69. The zero-order valence-corrected chi connectivity index (χ0v) is 11.6. The molecule has 1 aliphatic rings. The van der Waals surface area contributed by atoms with Gasteiger partial charge in [0, 0.05) is 13.0 Å². The summed E-state index contributed by atoms with van der Waals surface area (Å²) in [6.07, 6.45) is 1.01. The van der Waals surface area contributed by atoms with Crippen LogP contribution in [-0.4, -0.2) is 24.4 Å². The van der Waals surface area contributed by atoms with Crippen LogP contribution in [0.2, 0.25) is 0 Å². The van der Waals surface area contributed by atoms with Gasteiger partial charge in [-0.05, 0) is 23.3 Å². The summed E-state index contributed by atoms with van der Waals surface area (Å²) in [6, 6.07) is 18.6. The highest BCUT2D eigenvalue weighted by atomic mass is 16.5. The zero-order valence-electron chi connectivity index (χ0n) is 11.6. The van der Waals surface area contributed by atoms with Gasteiger partial charge in [-0.1, -0.05) is 42.5 Å². The van der Waals surface area contributed by atoms with Crippen LogP contribution in [0.25, 0.3) is 0 Å². The van der Waals surface area contributed by atoms with Crippen LogP contribution in [0.15, 0.2) is 59.7 Å². The Morgan fingerprint density at radius 1 is 1.05 bits per heavy atom. The maximum absolute atomic E-state index is 5.17. The predicted octanol–water partition coefficient (Wildman–Crippen LogP) is 3.31. The van der Waals surface area contributed by atoms with Crippen molar-refractivity contribution in [3.05, 3.63) is 65.7 Å². The van der Waals surface area contributed by atoms with Gasteiger partial charge in [-0.2, -0.15) is 5.10 Å². The lowest BCUT2D eigenvalue weighted by Gasteiger charge is -2.13. The Morgan fingerprint density at radius 3 is 2.50 bits per heavy atom. The first-order valence-corrected chi connectivity index (χ1v) is 6.86. The van der Waals surface area contributed by atoms with Crippen LogP contribution in [0.3, 0.4) is 0 Å². The SMILES string of the molecule is COc1ccc(CN2CCC(c3ccccc3)=N2)cc1. The molecule has 0 fully saturated rings. The molecule has 0 saturated heterocycles. The second kappa shape index (κ2) is 5.78. The van der Waals surface area contributed by atoms with Gasteiger partial charge in [0.1, 0.15) is 5.75 Å². The Kier molecular flexibility index (Phi) is 3.68. The first kappa shape index (κ1) is 12.7. The van der Waals surface area contributed by atoms with Crippen molar-refractivity contribution >= 4 is 5.71 Å². The summed E-state index contributed by atoms with van der Waals surface area (Å²) >= 11 is 0. The lowest BCUT2D eigenvalue weighted by atomic mass is 10.1. The van der Waals surface area contributed by atoms with Crippen molar-refractivity contribution in [1.29, 1.82) is 0 Å². The molecule has 1 heterocycles. The number of hydrogen-bond acceptors (Lipinski definition) is 3. The van der Waals surface area contributed by atoms with Crippen molar-refractivity contribution in [3.63, 3.8) is 0 Å². The molecule has 0 amide bonds. The minimum atomic E-state index is 0.848. The first-order chi connectivity index (χ1) is 9.85. The molecule has 20 heavy (non-hydrogen) atoms. The fraction of sp³-hybridized carbons (Fsp3) is 0.235. The molecule has 0 bridgehead atoms. The van der Waals surface area contributed by atoms with Gasteiger partial charge >= 0.3 is 0 Å². The van der Waals surface area contributed by atoms with E-state index in [0.29, 0.717) is 0 Å². The number of ether oxygens (including phenoxy) is 1. The molecule has 0 unspecified atom stereocenters. The van der Waals surface area contributed by atoms with Gasteiger partial charge in [-0.3, -0.25) is 5.01 Å². The predicted molar refractivity (Wildman–Crippen MR) is 81.0 cm³/mol. The van der Waals surface area contributed by atoms with Gasteiger partial charge in [0.2, 0.25) is 0 Å². The van der Waals surface area contributed by atoms with Crippen LogP contribution >= 0.6 is 0 Å². The summed E-state index contributed by atoms with van der Waals surface area (Å²) in [6.45, 7) is 1.83. The van der Waals surface area contributed by atoms with Crippen molar-refractivity contribution in [2.75, 3.05) is 13.7 Å². The van der Waals surface area contributed by atoms with E-state index in [2.05, 4.69) is 41.4 Å². The van der Waals surface area contributed by atoms with Gasteiger partial charge in [0.15, 0.2) is 0 Å². The van der Waals surface area contributed by atoms with Crippen LogP contribution in [-0.2, 0) is 6.54 Å². The molecular weight excluding hydrogens is 248 g/mol. The second-order valence-corrected chi connectivity index (χ2v) is 4.90. The maximum atomic E-state index is 5.17. The van der Waals surface area contributed by atoms with Crippen molar-refractivity contribution in [2.24, 2.45) is 5.10 Å². The van der Waals surface area contributed by atoms with Crippen molar-refractivity contribution in [2.45, 2.75) is 13.0 Å². The van der Waals surface area contributed by atoms with Crippen LogP contribution < -0.4 is 4.74 Å². The van der Waals surface area contributed by atoms with E-state index in [1.807, 2.05) is 18.2 Å². The van der Waals surface area contributed by atoms with Gasteiger partial charge in [-0.15, -0.1) is 0 Å². The molecule has 1 aliphatic heterocycles. The summed E-state index contributed by atoms with van der Waals surface area (Å²) in [5.41, 5.74) is 3.66. The molecule has 0 N–H and O–H groups in total. The van der Waals surface area contributed by atoms with E-state index >= 15 is 0 Å². The fourth-order valence-electron chi connectivity index (χ4n) is 2.39. The normalized spacial score (nSPS) is 14.2. The molecule has 0 saturated carbocycles. The van der Waals surface area contributed by atoms with E-state index in [-0.39, 0.29) is 0 Å². The summed E-state index contributed by atoms with van der Waals surface area (Å²) in [5, 5.41) is 6.84. The Bertz CT molecular complexity index is 590. The maximum Gasteiger partial charge on any atom is 0.118 e. The van der Waals surface area contributed by atoms with E-state index in [4.69, 9.17) is 9.84 Å². The molecule has 0 radical (unpaired) electrons. The Balaban J connectivity index is 1.68. The number of benzene rings is 2. The van der Waals surface area contributed by atoms with Crippen molar-refractivity contribution in [3.8, 4) is 5.75 Å². The molecule has 0 atom stereocenters. The number of hydrogen-bond donors (Lipinski definition) is 0. The second-order valence-electron chi connectivity index (χ2n) is 4.90. The smallest absolute Gasteiger partial charge is 0.118 e. The summed E-state index contributed by atoms with van der Waals surface area (Å²) in [4.78, 5) is 0. The lowest BCUT2D eigenvalue weighted by Crippen LogP contribution is -2.13. The lowest BCUT2D eigenvalue weighted by molar-refractivity contribution is 0.310. The molecule has 2 aromatic rings. The van der Waals surface area contributed by atoms with E-state index < -0.39 is 0 Å². The van der Waals surface area contributed by atoms with Crippen molar-refractivity contribution in [1.82, 2.24) is 5.01 Å². The molecule has 0 spiro atoms. The van der Waals surface area contributed by atoms with Crippen molar-refractivity contribution < 1.29 is 4.74 Å². The van der Waals surface area contributed by atoms with E-state index in [9.17, 15) is 0 Å². The van der Waals surface area contributed by atoms with Crippen LogP contribution in [0.4, 0.5) is 0 Å². The minimum absolute atomic E-state index is 0.848. The number of rotatable bonds is 4. The average Bonchev–Trinajstić information content (AvgIpc) is 2.97. The highest BCUT2D eigenvalue weighted by molar-refractivity contribution is 6.01. The third kappa shape index (κ3) is 2.82. The first-order valence-electron chi connectivity index (χ1n) is 6.86. The van der Waals surface area contributed by atoms with Gasteiger partial charge in [0.05, 0.1) is 19.4 Å². The fourth-order valence-corrected chi connectivity index (χ4v) is 2.39. The third-order valence-corrected chi connectivity index (χ3v) is 3.50. The Labute approximate surface area is 119 Å². The molecule has 3 nitrogen and oxygen atoms in total. The van der Waals surface area contributed by atoms with Crippen LogP contribution in [0.1, 0.15) is 17.5 Å². The van der Waals surface area contributed by atoms with Gasteiger partial charge in [0.25, 0.3) is 0 Å². The molecule has 3 rings (SSSR count). The van der Waals surface area contributed by atoms with E-state index in [0.717, 1.165) is 25.3 Å². The minimum Gasteiger partial charge on any atom is -0.497 e. The molecule has 0 aromatic heterocycles. The number of methoxy groups -OCH3 is 1. The van der Waals surface area contributed by atoms with E-state index in [1.54, 1.807) is 7.11 Å². The molecule has 102 valence electrons. The van der Waals surface area contributed by atoms with Crippen LogP contribution in [0.5, 0.6) is 5.75 Å².